The first kappa shape index (κ1) is 15.0. The van der Waals surface area contributed by atoms with E-state index in [2.05, 4.69) is 0 Å². The number of rotatable bonds is 6. The molecule has 0 aromatic heterocycles. The van der Waals surface area contributed by atoms with Crippen molar-refractivity contribution in [2.75, 3.05) is 13.7 Å². The van der Waals surface area contributed by atoms with E-state index in [1.54, 1.807) is 31.4 Å². The van der Waals surface area contributed by atoms with E-state index in [0.29, 0.717) is 24.3 Å². The molecule has 1 unspecified atom stereocenters. The first-order valence-corrected chi connectivity index (χ1v) is 6.15. The standard InChI is InChI=1S/C14H19NO4/c1-4-9-15(10(2)16)13(14(17)18)11-5-7-12(19-3)8-6-11/h5-8,13H,4,9H2,1-3H3,(H,17,18). The minimum atomic E-state index is -1.03. The van der Waals surface area contributed by atoms with Gasteiger partial charge in [-0.1, -0.05) is 19.1 Å². The van der Waals surface area contributed by atoms with Gasteiger partial charge in [0, 0.05) is 13.5 Å². The minimum Gasteiger partial charge on any atom is -0.497 e. The SMILES string of the molecule is CCCN(C(C)=O)C(C(=O)O)c1ccc(OC)cc1. The molecule has 1 rings (SSSR count). The molecule has 5 heteroatoms. The van der Waals surface area contributed by atoms with Gasteiger partial charge in [0.05, 0.1) is 7.11 Å². The van der Waals surface area contributed by atoms with Gasteiger partial charge in [-0.25, -0.2) is 4.79 Å². The average molecular weight is 265 g/mol. The maximum absolute atomic E-state index is 11.6. The summed E-state index contributed by atoms with van der Waals surface area (Å²) in [5.74, 6) is -0.628. The molecule has 0 radical (unpaired) electrons. The first-order valence-electron chi connectivity index (χ1n) is 6.15. The fraction of sp³-hybridized carbons (Fsp3) is 0.429. The average Bonchev–Trinajstić information content (AvgIpc) is 2.38. The molecule has 0 spiro atoms. The van der Waals surface area contributed by atoms with Crippen LogP contribution in [0, 0.1) is 0 Å². The van der Waals surface area contributed by atoms with Crippen LogP contribution in [0.3, 0.4) is 0 Å². The Labute approximate surface area is 112 Å². The van der Waals surface area contributed by atoms with Gasteiger partial charge in [0.25, 0.3) is 0 Å². The summed E-state index contributed by atoms with van der Waals surface area (Å²) in [6, 6.07) is 5.76. The zero-order valence-corrected chi connectivity index (χ0v) is 11.4. The Hall–Kier alpha value is -2.04. The molecule has 1 amide bonds. The van der Waals surface area contributed by atoms with Crippen LogP contribution in [0.15, 0.2) is 24.3 Å². The maximum Gasteiger partial charge on any atom is 0.331 e. The highest BCUT2D eigenvalue weighted by Crippen LogP contribution is 2.24. The van der Waals surface area contributed by atoms with E-state index >= 15 is 0 Å². The number of amides is 1. The number of methoxy groups -OCH3 is 1. The van der Waals surface area contributed by atoms with E-state index in [1.807, 2.05) is 6.92 Å². The Morgan fingerprint density at radius 1 is 1.32 bits per heavy atom. The molecule has 0 fully saturated rings. The van der Waals surface area contributed by atoms with Gasteiger partial charge in [-0.3, -0.25) is 4.79 Å². The van der Waals surface area contributed by atoms with Crippen molar-refractivity contribution in [1.82, 2.24) is 4.90 Å². The summed E-state index contributed by atoms with van der Waals surface area (Å²) in [6.45, 7) is 3.70. The molecule has 0 bridgehead atoms. The maximum atomic E-state index is 11.6. The molecule has 0 aliphatic carbocycles. The van der Waals surface area contributed by atoms with Crippen molar-refractivity contribution >= 4 is 11.9 Å². The van der Waals surface area contributed by atoms with Crippen LogP contribution >= 0.6 is 0 Å². The summed E-state index contributed by atoms with van der Waals surface area (Å²) in [5, 5.41) is 9.37. The van der Waals surface area contributed by atoms with Crippen molar-refractivity contribution in [3.8, 4) is 5.75 Å². The summed E-state index contributed by atoms with van der Waals surface area (Å²) in [4.78, 5) is 24.4. The number of nitrogens with zero attached hydrogens (tertiary/aromatic N) is 1. The summed E-state index contributed by atoms with van der Waals surface area (Å²) >= 11 is 0. The Morgan fingerprint density at radius 2 is 1.89 bits per heavy atom. The number of benzene rings is 1. The second-order valence-corrected chi connectivity index (χ2v) is 4.23. The highest BCUT2D eigenvalue weighted by atomic mass is 16.5. The van der Waals surface area contributed by atoms with Crippen molar-refractivity contribution in [2.45, 2.75) is 26.3 Å². The van der Waals surface area contributed by atoms with E-state index in [4.69, 9.17) is 4.74 Å². The zero-order chi connectivity index (χ0) is 14.4. The van der Waals surface area contributed by atoms with Crippen LogP contribution in [-0.4, -0.2) is 35.5 Å². The molecular formula is C14H19NO4. The second kappa shape index (κ2) is 6.78. The predicted molar refractivity (Wildman–Crippen MR) is 71.0 cm³/mol. The number of carboxylic acids is 1. The summed E-state index contributed by atoms with van der Waals surface area (Å²) in [6.07, 6.45) is 0.708. The third-order valence-electron chi connectivity index (χ3n) is 2.85. The van der Waals surface area contributed by atoms with Crippen LogP contribution in [0.4, 0.5) is 0 Å². The Morgan fingerprint density at radius 3 is 2.26 bits per heavy atom. The molecule has 0 aliphatic rings. The lowest BCUT2D eigenvalue weighted by atomic mass is 10.0. The zero-order valence-electron chi connectivity index (χ0n) is 11.4. The molecule has 1 aromatic rings. The molecule has 19 heavy (non-hydrogen) atoms. The molecule has 0 aliphatic heterocycles. The van der Waals surface area contributed by atoms with Crippen molar-refractivity contribution < 1.29 is 19.4 Å². The lowest BCUT2D eigenvalue weighted by Crippen LogP contribution is -2.38. The van der Waals surface area contributed by atoms with E-state index in [0.717, 1.165) is 0 Å². The van der Waals surface area contributed by atoms with Gasteiger partial charge < -0.3 is 14.7 Å². The molecule has 1 atom stereocenters. The van der Waals surface area contributed by atoms with Crippen LogP contribution in [0.25, 0.3) is 0 Å². The fourth-order valence-corrected chi connectivity index (χ4v) is 1.95. The molecule has 0 saturated heterocycles. The molecule has 5 nitrogen and oxygen atoms in total. The van der Waals surface area contributed by atoms with E-state index in [1.165, 1.54) is 11.8 Å². The van der Waals surface area contributed by atoms with Gasteiger partial charge in [0.1, 0.15) is 5.75 Å². The first-order chi connectivity index (χ1) is 9.01. The van der Waals surface area contributed by atoms with Crippen LogP contribution in [0.5, 0.6) is 5.75 Å². The summed E-state index contributed by atoms with van der Waals surface area (Å²) in [7, 11) is 1.54. The molecule has 104 valence electrons. The van der Waals surface area contributed by atoms with Gasteiger partial charge in [0.2, 0.25) is 5.91 Å². The van der Waals surface area contributed by atoms with E-state index < -0.39 is 12.0 Å². The lowest BCUT2D eigenvalue weighted by Gasteiger charge is -2.28. The van der Waals surface area contributed by atoms with Crippen molar-refractivity contribution in [3.63, 3.8) is 0 Å². The molecular weight excluding hydrogens is 246 g/mol. The quantitative estimate of drug-likeness (QED) is 0.855. The van der Waals surface area contributed by atoms with Crippen molar-refractivity contribution in [1.29, 1.82) is 0 Å². The lowest BCUT2D eigenvalue weighted by molar-refractivity contribution is -0.149. The van der Waals surface area contributed by atoms with E-state index in [9.17, 15) is 14.7 Å². The van der Waals surface area contributed by atoms with Crippen molar-refractivity contribution in [3.05, 3.63) is 29.8 Å². The Balaban J connectivity index is 3.10. The molecule has 1 N–H and O–H groups in total. The smallest absolute Gasteiger partial charge is 0.331 e. The van der Waals surface area contributed by atoms with Crippen LogP contribution in [0.1, 0.15) is 31.9 Å². The highest BCUT2D eigenvalue weighted by Gasteiger charge is 2.28. The minimum absolute atomic E-state index is 0.245. The number of carbonyl (C=O) groups is 2. The summed E-state index contributed by atoms with van der Waals surface area (Å²) < 4.78 is 5.04. The number of carbonyl (C=O) groups excluding carboxylic acids is 1. The third kappa shape index (κ3) is 3.71. The van der Waals surface area contributed by atoms with Gasteiger partial charge in [-0.05, 0) is 24.1 Å². The molecule has 0 saturated carbocycles. The number of aliphatic carboxylic acids is 1. The molecule has 0 heterocycles. The fourth-order valence-electron chi connectivity index (χ4n) is 1.95. The van der Waals surface area contributed by atoms with E-state index in [-0.39, 0.29) is 5.91 Å². The summed E-state index contributed by atoms with van der Waals surface area (Å²) in [5.41, 5.74) is 0.567. The normalized spacial score (nSPS) is 11.7. The van der Waals surface area contributed by atoms with Gasteiger partial charge in [-0.15, -0.1) is 0 Å². The number of hydrogen-bond acceptors (Lipinski definition) is 3. The second-order valence-electron chi connectivity index (χ2n) is 4.23. The van der Waals surface area contributed by atoms with Gasteiger partial charge in [-0.2, -0.15) is 0 Å². The van der Waals surface area contributed by atoms with Gasteiger partial charge >= 0.3 is 5.97 Å². The molecule has 1 aromatic carbocycles. The number of ether oxygens (including phenoxy) is 1. The Kier molecular flexibility index (Phi) is 5.36. The monoisotopic (exact) mass is 265 g/mol. The van der Waals surface area contributed by atoms with Gasteiger partial charge in [0.15, 0.2) is 6.04 Å². The number of carboxylic acid groups (broad SMARTS) is 1. The largest absolute Gasteiger partial charge is 0.497 e. The topological polar surface area (TPSA) is 66.8 Å². The predicted octanol–water partition coefficient (Wildman–Crippen LogP) is 2.08. The van der Waals surface area contributed by atoms with Crippen LogP contribution in [-0.2, 0) is 9.59 Å². The van der Waals surface area contributed by atoms with Crippen molar-refractivity contribution in [2.24, 2.45) is 0 Å². The van der Waals surface area contributed by atoms with Crippen LogP contribution in [0.2, 0.25) is 0 Å². The Bertz CT molecular complexity index is 441. The third-order valence-corrected chi connectivity index (χ3v) is 2.85. The van der Waals surface area contributed by atoms with Crippen LogP contribution < -0.4 is 4.74 Å². The highest BCUT2D eigenvalue weighted by molar-refractivity contribution is 5.83. The number of hydrogen-bond donors (Lipinski definition) is 1.